The first-order valence-corrected chi connectivity index (χ1v) is 11.9. The number of benzene rings is 3. The molecule has 2 aliphatic rings. The maximum atomic E-state index is 13.2. The number of hydrogen-bond donors (Lipinski definition) is 1. The van der Waals surface area contributed by atoms with E-state index in [1.165, 1.54) is 0 Å². The molecule has 1 fully saturated rings. The van der Waals surface area contributed by atoms with Gasteiger partial charge in [-0.2, -0.15) is 0 Å². The van der Waals surface area contributed by atoms with Crippen molar-refractivity contribution in [3.05, 3.63) is 66.7 Å². The minimum absolute atomic E-state index is 0.0868. The molecule has 1 aromatic heterocycles. The lowest BCUT2D eigenvalue weighted by Gasteiger charge is -2.22. The van der Waals surface area contributed by atoms with Crippen LogP contribution in [-0.4, -0.2) is 36.6 Å². The average molecular weight is 472 g/mol. The smallest absolute Gasteiger partial charge is 0.229 e. The molecule has 0 bridgehead atoms. The third kappa shape index (κ3) is 3.76. The molecule has 3 aromatic carbocycles. The van der Waals surface area contributed by atoms with Gasteiger partial charge in [0.15, 0.2) is 11.5 Å². The summed E-state index contributed by atoms with van der Waals surface area (Å²) in [7, 11) is 0. The molecule has 1 saturated heterocycles. The van der Waals surface area contributed by atoms with Crippen LogP contribution in [0.4, 0.5) is 11.4 Å². The minimum atomic E-state index is -0.455. The molecule has 170 valence electrons. The van der Waals surface area contributed by atoms with Crippen molar-refractivity contribution in [1.82, 2.24) is 4.98 Å². The Hall–Kier alpha value is -3.91. The minimum Gasteiger partial charge on any atom is -0.486 e. The van der Waals surface area contributed by atoms with Crippen molar-refractivity contribution in [2.75, 3.05) is 30.0 Å². The van der Waals surface area contributed by atoms with Crippen LogP contribution in [-0.2, 0) is 9.59 Å². The molecular weight excluding hydrogens is 450 g/mol. The highest BCUT2D eigenvalue weighted by molar-refractivity contribution is 7.21. The number of aromatic nitrogens is 1. The zero-order valence-corrected chi connectivity index (χ0v) is 19.0. The van der Waals surface area contributed by atoms with E-state index in [0.29, 0.717) is 42.6 Å². The van der Waals surface area contributed by atoms with Gasteiger partial charge in [-0.15, -0.1) is 11.3 Å². The summed E-state index contributed by atoms with van der Waals surface area (Å²) in [5, 5.41) is 3.89. The number of rotatable bonds is 4. The van der Waals surface area contributed by atoms with Gasteiger partial charge in [-0.3, -0.25) is 9.59 Å². The largest absolute Gasteiger partial charge is 0.486 e. The zero-order chi connectivity index (χ0) is 23.1. The molecule has 0 radical (unpaired) electrons. The third-order valence-corrected chi connectivity index (χ3v) is 7.11. The summed E-state index contributed by atoms with van der Waals surface area (Å²) in [5.41, 5.74) is 3.20. The van der Waals surface area contributed by atoms with E-state index in [9.17, 15) is 9.59 Å². The molecule has 2 amide bonds. The van der Waals surface area contributed by atoms with Crippen molar-refractivity contribution in [3.63, 3.8) is 0 Å². The van der Waals surface area contributed by atoms with E-state index in [1.54, 1.807) is 28.4 Å². The van der Waals surface area contributed by atoms with Crippen molar-refractivity contribution in [2.45, 2.75) is 6.42 Å². The summed E-state index contributed by atoms with van der Waals surface area (Å²) in [6.45, 7) is 1.30. The highest BCUT2D eigenvalue weighted by Crippen LogP contribution is 2.37. The van der Waals surface area contributed by atoms with Gasteiger partial charge < -0.3 is 19.7 Å². The molecule has 0 unspecified atom stereocenters. The third-order valence-electron chi connectivity index (χ3n) is 6.04. The summed E-state index contributed by atoms with van der Waals surface area (Å²) < 4.78 is 12.3. The Kier molecular flexibility index (Phi) is 5.15. The van der Waals surface area contributed by atoms with Gasteiger partial charge in [-0.1, -0.05) is 24.3 Å². The van der Waals surface area contributed by atoms with E-state index < -0.39 is 5.92 Å². The number of hydrogen-bond acceptors (Lipinski definition) is 6. The molecule has 7 nitrogen and oxygen atoms in total. The SMILES string of the molecule is O=C(Nc1ccccc1-c1nc2ccccc2s1)[C@H]1CC(=O)N(c2ccc3c(c2)OCCO3)C1. The maximum Gasteiger partial charge on any atom is 0.229 e. The van der Waals surface area contributed by atoms with Crippen LogP contribution in [0.1, 0.15) is 6.42 Å². The number of amides is 2. The second-order valence-electron chi connectivity index (χ2n) is 8.25. The Morgan fingerprint density at radius 2 is 1.79 bits per heavy atom. The van der Waals surface area contributed by atoms with E-state index in [0.717, 1.165) is 20.8 Å². The normalized spacial score (nSPS) is 17.2. The van der Waals surface area contributed by atoms with Crippen LogP contribution in [0.25, 0.3) is 20.8 Å². The Morgan fingerprint density at radius 1 is 1.00 bits per heavy atom. The van der Waals surface area contributed by atoms with Crippen LogP contribution in [0.15, 0.2) is 66.7 Å². The molecule has 0 aliphatic carbocycles. The number of anilines is 2. The van der Waals surface area contributed by atoms with Crippen LogP contribution in [0.3, 0.4) is 0 Å². The molecule has 2 aliphatic heterocycles. The predicted molar refractivity (Wildman–Crippen MR) is 132 cm³/mol. The summed E-state index contributed by atoms with van der Waals surface area (Å²) in [5.74, 6) is 0.568. The van der Waals surface area contributed by atoms with Crippen LogP contribution in [0, 0.1) is 5.92 Å². The maximum absolute atomic E-state index is 13.2. The molecule has 3 heterocycles. The van der Waals surface area contributed by atoms with E-state index in [-0.39, 0.29) is 18.2 Å². The Morgan fingerprint density at radius 3 is 2.68 bits per heavy atom. The quantitative estimate of drug-likeness (QED) is 0.466. The lowest BCUT2D eigenvalue weighted by molar-refractivity contribution is -0.122. The summed E-state index contributed by atoms with van der Waals surface area (Å²) >= 11 is 1.59. The van der Waals surface area contributed by atoms with Crippen LogP contribution >= 0.6 is 11.3 Å². The van der Waals surface area contributed by atoms with Crippen molar-refractivity contribution in [1.29, 1.82) is 0 Å². The van der Waals surface area contributed by atoms with Crippen LogP contribution in [0.2, 0.25) is 0 Å². The first-order valence-electron chi connectivity index (χ1n) is 11.1. The van der Waals surface area contributed by atoms with Crippen LogP contribution in [0.5, 0.6) is 11.5 Å². The van der Waals surface area contributed by atoms with Gasteiger partial charge in [0.1, 0.15) is 18.2 Å². The first-order chi connectivity index (χ1) is 16.7. The highest BCUT2D eigenvalue weighted by atomic mass is 32.1. The molecule has 0 saturated carbocycles. The van der Waals surface area contributed by atoms with E-state index in [1.807, 2.05) is 54.6 Å². The fraction of sp³-hybridized carbons (Fsp3) is 0.192. The standard InChI is InChI=1S/C26H21N3O4S/c30-24-13-16(15-29(24)17-9-10-21-22(14-17)33-12-11-32-21)25(31)27-19-6-2-1-5-18(19)26-28-20-7-3-4-8-23(20)34-26/h1-10,14,16H,11-13,15H2,(H,27,31)/t16-/m0/s1. The number of nitrogens with zero attached hydrogens (tertiary/aromatic N) is 2. The monoisotopic (exact) mass is 471 g/mol. The van der Waals surface area contributed by atoms with Gasteiger partial charge in [0.25, 0.3) is 0 Å². The number of fused-ring (bicyclic) bond motifs is 2. The highest BCUT2D eigenvalue weighted by Gasteiger charge is 2.36. The molecule has 0 spiro atoms. The summed E-state index contributed by atoms with van der Waals surface area (Å²) in [6, 6.07) is 21.0. The zero-order valence-electron chi connectivity index (χ0n) is 18.2. The van der Waals surface area contributed by atoms with Gasteiger partial charge in [-0.05, 0) is 36.4 Å². The van der Waals surface area contributed by atoms with E-state index >= 15 is 0 Å². The number of carbonyl (C=O) groups is 2. The second-order valence-corrected chi connectivity index (χ2v) is 9.29. The van der Waals surface area contributed by atoms with Crippen molar-refractivity contribution < 1.29 is 19.1 Å². The van der Waals surface area contributed by atoms with E-state index in [4.69, 9.17) is 14.5 Å². The fourth-order valence-corrected chi connectivity index (χ4v) is 5.34. The lowest BCUT2D eigenvalue weighted by atomic mass is 10.1. The number of nitrogens with one attached hydrogen (secondary N) is 1. The van der Waals surface area contributed by atoms with Gasteiger partial charge in [0.05, 0.1) is 21.8 Å². The van der Waals surface area contributed by atoms with Crippen molar-refractivity contribution in [3.8, 4) is 22.1 Å². The molecule has 8 heteroatoms. The number of carbonyl (C=O) groups excluding carboxylic acids is 2. The van der Waals surface area contributed by atoms with Crippen molar-refractivity contribution in [2.24, 2.45) is 5.92 Å². The van der Waals surface area contributed by atoms with Gasteiger partial charge >= 0.3 is 0 Å². The molecule has 1 atom stereocenters. The predicted octanol–water partition coefficient (Wildman–Crippen LogP) is 4.73. The topological polar surface area (TPSA) is 80.8 Å². The van der Waals surface area contributed by atoms with Crippen molar-refractivity contribution >= 4 is 44.7 Å². The molecular formula is C26H21N3O4S. The molecule has 4 aromatic rings. The molecule has 1 N–H and O–H groups in total. The number of ether oxygens (including phenoxy) is 2. The Labute approximate surface area is 199 Å². The second kappa shape index (κ2) is 8.46. The Balaban J connectivity index is 1.21. The van der Waals surface area contributed by atoms with E-state index in [2.05, 4.69) is 5.32 Å². The fourth-order valence-electron chi connectivity index (χ4n) is 4.33. The van der Waals surface area contributed by atoms with Gasteiger partial charge in [0, 0.05) is 30.3 Å². The summed E-state index contributed by atoms with van der Waals surface area (Å²) in [6.07, 6.45) is 0.156. The summed E-state index contributed by atoms with van der Waals surface area (Å²) in [4.78, 5) is 32.3. The molecule has 6 rings (SSSR count). The van der Waals surface area contributed by atoms with Crippen LogP contribution < -0.4 is 19.7 Å². The van der Waals surface area contributed by atoms with Gasteiger partial charge in [0.2, 0.25) is 11.8 Å². The lowest BCUT2D eigenvalue weighted by Crippen LogP contribution is -2.28. The first kappa shape index (κ1) is 20.7. The Bertz CT molecular complexity index is 1380. The molecule has 34 heavy (non-hydrogen) atoms. The van der Waals surface area contributed by atoms with Gasteiger partial charge in [-0.25, -0.2) is 4.98 Å². The average Bonchev–Trinajstić information content (AvgIpc) is 3.48. The number of para-hydroxylation sites is 2. The number of thiazole rings is 1.